The van der Waals surface area contributed by atoms with Crippen LogP contribution in [0, 0.1) is 0 Å². The zero-order valence-corrected chi connectivity index (χ0v) is 11.7. The monoisotopic (exact) mass is 312 g/mol. The Kier molecular flexibility index (Phi) is 5.37. The molecule has 0 aromatic heterocycles. The second-order valence-electron chi connectivity index (χ2n) is 4.04. The number of nitrogens with one attached hydrogen (secondary N) is 2. The number of likely N-dealkylation sites (N-methyl/N-ethyl adjacent to an activating group) is 1. The number of para-hydroxylation sites is 1. The molecule has 0 radical (unpaired) electrons. The van der Waals surface area contributed by atoms with Gasteiger partial charge < -0.3 is 10.1 Å². The molecule has 0 aliphatic heterocycles. The zero-order valence-electron chi connectivity index (χ0n) is 10.9. The maximum Gasteiger partial charge on any atom is 0.573 e. The van der Waals surface area contributed by atoms with Crippen molar-refractivity contribution in [2.45, 2.75) is 24.2 Å². The van der Waals surface area contributed by atoms with E-state index in [4.69, 9.17) is 0 Å². The van der Waals surface area contributed by atoms with Crippen molar-refractivity contribution in [3.05, 3.63) is 24.3 Å². The van der Waals surface area contributed by atoms with E-state index in [1.54, 1.807) is 14.0 Å². The van der Waals surface area contributed by atoms with Crippen molar-refractivity contribution < 1.29 is 26.3 Å². The summed E-state index contributed by atoms with van der Waals surface area (Å²) in [4.78, 5) is -0.555. The van der Waals surface area contributed by atoms with Crippen molar-refractivity contribution in [2.75, 3.05) is 13.6 Å². The maximum absolute atomic E-state index is 12.2. The van der Waals surface area contributed by atoms with Crippen molar-refractivity contribution in [3.63, 3.8) is 0 Å². The molecule has 0 heterocycles. The summed E-state index contributed by atoms with van der Waals surface area (Å²) in [5.41, 5.74) is 0. The lowest BCUT2D eigenvalue weighted by molar-refractivity contribution is -0.275. The lowest BCUT2D eigenvalue weighted by Gasteiger charge is -2.15. The van der Waals surface area contributed by atoms with Gasteiger partial charge in [-0.1, -0.05) is 12.1 Å². The molecule has 1 rings (SSSR count). The van der Waals surface area contributed by atoms with Crippen molar-refractivity contribution in [3.8, 4) is 5.75 Å². The predicted molar refractivity (Wildman–Crippen MR) is 66.8 cm³/mol. The van der Waals surface area contributed by atoms with Gasteiger partial charge in [0.1, 0.15) is 10.6 Å². The highest BCUT2D eigenvalue weighted by Gasteiger charge is 2.33. The highest BCUT2D eigenvalue weighted by Crippen LogP contribution is 2.29. The molecule has 0 saturated carbocycles. The lowest BCUT2D eigenvalue weighted by atomic mass is 10.3. The number of halogens is 3. The Hall–Kier alpha value is -1.32. The SMILES string of the molecule is CNC(C)CNS(=O)(=O)c1ccccc1OC(F)(F)F. The highest BCUT2D eigenvalue weighted by atomic mass is 32.2. The van der Waals surface area contributed by atoms with Crippen LogP contribution in [0.1, 0.15) is 6.92 Å². The molecule has 1 unspecified atom stereocenters. The summed E-state index contributed by atoms with van der Waals surface area (Å²) >= 11 is 0. The molecule has 0 spiro atoms. The number of hydrogen-bond donors (Lipinski definition) is 2. The smallest absolute Gasteiger partial charge is 0.404 e. The minimum absolute atomic E-state index is 0.0409. The van der Waals surface area contributed by atoms with Crippen molar-refractivity contribution in [2.24, 2.45) is 0 Å². The van der Waals surface area contributed by atoms with E-state index in [-0.39, 0.29) is 12.6 Å². The zero-order chi connectivity index (χ0) is 15.4. The Morgan fingerprint density at radius 3 is 2.45 bits per heavy atom. The number of ether oxygens (including phenoxy) is 1. The normalized spacial score (nSPS) is 14.1. The van der Waals surface area contributed by atoms with Crippen LogP contribution in [0.5, 0.6) is 5.75 Å². The van der Waals surface area contributed by atoms with Crippen LogP contribution in [-0.4, -0.2) is 34.4 Å². The molecule has 9 heteroatoms. The van der Waals surface area contributed by atoms with Gasteiger partial charge in [0, 0.05) is 12.6 Å². The number of alkyl halides is 3. The fourth-order valence-electron chi connectivity index (χ4n) is 1.30. The molecule has 1 atom stereocenters. The standard InChI is InChI=1S/C11H15F3N2O3S/c1-8(15-2)7-16-20(17,18)10-6-4-3-5-9(10)19-11(12,13)14/h3-6,8,15-16H,7H2,1-2H3. The number of sulfonamides is 1. The van der Waals surface area contributed by atoms with Crippen molar-refractivity contribution in [1.29, 1.82) is 0 Å². The molecule has 0 fully saturated rings. The molecular weight excluding hydrogens is 297 g/mol. The summed E-state index contributed by atoms with van der Waals surface area (Å²) in [5, 5.41) is 2.80. The molecule has 0 saturated heterocycles. The molecule has 0 aliphatic rings. The van der Waals surface area contributed by atoms with Crippen LogP contribution in [0.3, 0.4) is 0 Å². The van der Waals surface area contributed by atoms with Gasteiger partial charge in [0.2, 0.25) is 10.0 Å². The van der Waals surface area contributed by atoms with Crippen LogP contribution in [0.15, 0.2) is 29.2 Å². The Morgan fingerprint density at radius 1 is 1.30 bits per heavy atom. The van der Waals surface area contributed by atoms with Gasteiger partial charge in [0.15, 0.2) is 0 Å². The Balaban J connectivity index is 3.00. The summed E-state index contributed by atoms with van der Waals surface area (Å²) in [6, 6.07) is 4.41. The van der Waals surface area contributed by atoms with Crippen LogP contribution in [-0.2, 0) is 10.0 Å². The minimum Gasteiger partial charge on any atom is -0.404 e. The summed E-state index contributed by atoms with van der Waals surface area (Å²) < 4.78 is 66.6. The highest BCUT2D eigenvalue weighted by molar-refractivity contribution is 7.89. The van der Waals surface area contributed by atoms with Gasteiger partial charge >= 0.3 is 6.36 Å². The van der Waals surface area contributed by atoms with Gasteiger partial charge in [-0.15, -0.1) is 13.2 Å². The second kappa shape index (κ2) is 6.42. The molecule has 5 nitrogen and oxygen atoms in total. The van der Waals surface area contributed by atoms with E-state index in [1.165, 1.54) is 12.1 Å². The third kappa shape index (κ3) is 4.99. The molecule has 1 aromatic carbocycles. The molecule has 114 valence electrons. The topological polar surface area (TPSA) is 67.4 Å². The molecule has 0 bridgehead atoms. The van der Waals surface area contributed by atoms with Gasteiger partial charge in [0.25, 0.3) is 0 Å². The summed E-state index contributed by atoms with van der Waals surface area (Å²) in [6.07, 6.45) is -4.95. The minimum atomic E-state index is -4.95. The van der Waals surface area contributed by atoms with Gasteiger partial charge in [0.05, 0.1) is 0 Å². The van der Waals surface area contributed by atoms with E-state index in [0.29, 0.717) is 0 Å². The van der Waals surface area contributed by atoms with Crippen LogP contribution >= 0.6 is 0 Å². The van der Waals surface area contributed by atoms with E-state index >= 15 is 0 Å². The fraction of sp³-hybridized carbons (Fsp3) is 0.455. The first-order valence-corrected chi connectivity index (χ1v) is 7.16. The van der Waals surface area contributed by atoms with Gasteiger partial charge in [-0.25, -0.2) is 13.1 Å². The van der Waals surface area contributed by atoms with Crippen LogP contribution in [0.2, 0.25) is 0 Å². The summed E-state index contributed by atoms with van der Waals surface area (Å²) in [5.74, 6) is -0.760. The van der Waals surface area contributed by atoms with E-state index in [1.807, 2.05) is 0 Å². The van der Waals surface area contributed by atoms with Crippen LogP contribution in [0.25, 0.3) is 0 Å². The number of hydrogen-bond acceptors (Lipinski definition) is 4. The molecule has 20 heavy (non-hydrogen) atoms. The summed E-state index contributed by atoms with van der Waals surface area (Å²) in [7, 11) is -2.44. The van der Waals surface area contributed by atoms with E-state index in [0.717, 1.165) is 12.1 Å². The van der Waals surface area contributed by atoms with Gasteiger partial charge in [-0.05, 0) is 26.1 Å². The molecular formula is C11H15F3N2O3S. The Bertz CT molecular complexity index is 546. The molecule has 0 aliphatic carbocycles. The van der Waals surface area contributed by atoms with Crippen molar-refractivity contribution >= 4 is 10.0 Å². The first-order valence-electron chi connectivity index (χ1n) is 5.67. The van der Waals surface area contributed by atoms with E-state index in [9.17, 15) is 21.6 Å². The van der Waals surface area contributed by atoms with E-state index < -0.39 is 27.0 Å². The largest absolute Gasteiger partial charge is 0.573 e. The lowest BCUT2D eigenvalue weighted by Crippen LogP contribution is -2.37. The first-order chi connectivity index (χ1) is 9.15. The maximum atomic E-state index is 12.2. The Morgan fingerprint density at radius 2 is 1.90 bits per heavy atom. The predicted octanol–water partition coefficient (Wildman–Crippen LogP) is 1.47. The molecule has 2 N–H and O–H groups in total. The van der Waals surface area contributed by atoms with Crippen molar-refractivity contribution in [1.82, 2.24) is 10.0 Å². The molecule has 1 aromatic rings. The quantitative estimate of drug-likeness (QED) is 0.835. The third-order valence-electron chi connectivity index (χ3n) is 2.44. The van der Waals surface area contributed by atoms with Crippen LogP contribution in [0.4, 0.5) is 13.2 Å². The number of rotatable bonds is 6. The fourth-order valence-corrected chi connectivity index (χ4v) is 2.55. The average molecular weight is 312 g/mol. The summed E-state index contributed by atoms with van der Waals surface area (Å²) in [6.45, 7) is 1.76. The van der Waals surface area contributed by atoms with Gasteiger partial charge in [-0.2, -0.15) is 0 Å². The second-order valence-corrected chi connectivity index (χ2v) is 5.77. The number of benzene rings is 1. The first kappa shape index (κ1) is 16.7. The van der Waals surface area contributed by atoms with Crippen LogP contribution < -0.4 is 14.8 Å². The van der Waals surface area contributed by atoms with Gasteiger partial charge in [-0.3, -0.25) is 0 Å². The van der Waals surface area contributed by atoms with E-state index in [2.05, 4.69) is 14.8 Å². The third-order valence-corrected chi connectivity index (χ3v) is 3.90. The average Bonchev–Trinajstić information content (AvgIpc) is 2.34. The Labute approximate surface area is 115 Å². The molecule has 0 amide bonds.